The third kappa shape index (κ3) is 1.49. The number of dihydropyridines is 1. The van der Waals surface area contributed by atoms with Crippen molar-refractivity contribution in [1.29, 1.82) is 5.41 Å². The van der Waals surface area contributed by atoms with Crippen LogP contribution in [0.4, 0.5) is 0 Å². The van der Waals surface area contributed by atoms with Gasteiger partial charge in [-0.1, -0.05) is 6.08 Å². The van der Waals surface area contributed by atoms with Crippen molar-refractivity contribution in [1.82, 2.24) is 0 Å². The molecule has 1 aliphatic rings. The van der Waals surface area contributed by atoms with E-state index >= 15 is 0 Å². The lowest BCUT2D eigenvalue weighted by molar-refractivity contribution is 0.863. The first-order valence-electron chi connectivity index (χ1n) is 3.04. The molecule has 0 bridgehead atoms. The Hall–Kier alpha value is -0.920. The normalized spacial score (nSPS) is 24.3. The van der Waals surface area contributed by atoms with Crippen molar-refractivity contribution in [2.24, 2.45) is 4.99 Å². The van der Waals surface area contributed by atoms with Crippen LogP contribution in [0.25, 0.3) is 0 Å². The number of hydrogen-bond acceptors (Lipinski definition) is 2. The Morgan fingerprint density at radius 1 is 1.78 bits per heavy atom. The van der Waals surface area contributed by atoms with E-state index in [4.69, 9.17) is 5.41 Å². The molecule has 0 saturated carbocycles. The highest BCUT2D eigenvalue weighted by molar-refractivity contribution is 5.87. The highest BCUT2D eigenvalue weighted by Gasteiger charge is 2.06. The van der Waals surface area contributed by atoms with Crippen LogP contribution >= 0.6 is 0 Å². The van der Waals surface area contributed by atoms with Crippen molar-refractivity contribution in [3.63, 3.8) is 0 Å². The fraction of sp³-hybridized carbons (Fsp3) is 0.429. The average Bonchev–Trinajstić information content (AvgIpc) is 1.90. The lowest BCUT2D eigenvalue weighted by atomic mass is 10.1. The fourth-order valence-corrected chi connectivity index (χ4v) is 0.771. The molecule has 0 radical (unpaired) electrons. The van der Waals surface area contributed by atoms with E-state index < -0.39 is 0 Å². The molecule has 2 nitrogen and oxygen atoms in total. The number of nitrogens with zero attached hydrogens (tertiary/aromatic N) is 1. The van der Waals surface area contributed by atoms with Crippen LogP contribution in [0.1, 0.15) is 13.3 Å². The van der Waals surface area contributed by atoms with Crippen LogP contribution in [-0.4, -0.2) is 18.0 Å². The SMILES string of the molecule is CC(=N)[C@@H]1CC=CC=N1. The van der Waals surface area contributed by atoms with Crippen LogP contribution in [0.15, 0.2) is 17.1 Å². The predicted octanol–water partition coefficient (Wildman–Crippen LogP) is 1.43. The van der Waals surface area contributed by atoms with Gasteiger partial charge in [-0.05, 0) is 19.4 Å². The minimum absolute atomic E-state index is 0.120. The van der Waals surface area contributed by atoms with E-state index in [9.17, 15) is 0 Å². The van der Waals surface area contributed by atoms with E-state index in [-0.39, 0.29) is 6.04 Å². The summed E-state index contributed by atoms with van der Waals surface area (Å²) in [5.41, 5.74) is 0.649. The van der Waals surface area contributed by atoms with E-state index in [0.717, 1.165) is 6.42 Å². The third-order valence-electron chi connectivity index (χ3n) is 1.35. The van der Waals surface area contributed by atoms with E-state index in [1.165, 1.54) is 0 Å². The molecule has 1 N–H and O–H groups in total. The van der Waals surface area contributed by atoms with Gasteiger partial charge >= 0.3 is 0 Å². The first-order valence-corrected chi connectivity index (χ1v) is 3.04. The zero-order valence-electron chi connectivity index (χ0n) is 5.46. The molecule has 0 aromatic heterocycles. The monoisotopic (exact) mass is 122 g/mol. The number of rotatable bonds is 1. The van der Waals surface area contributed by atoms with Crippen molar-refractivity contribution < 1.29 is 0 Å². The second kappa shape index (κ2) is 2.58. The minimum Gasteiger partial charge on any atom is -0.308 e. The van der Waals surface area contributed by atoms with Gasteiger partial charge in [0, 0.05) is 11.9 Å². The Labute approximate surface area is 54.8 Å². The van der Waals surface area contributed by atoms with Gasteiger partial charge in [-0.15, -0.1) is 0 Å². The molecule has 0 aromatic carbocycles. The van der Waals surface area contributed by atoms with Crippen molar-refractivity contribution in [3.05, 3.63) is 12.2 Å². The Kier molecular flexibility index (Phi) is 1.78. The summed E-state index contributed by atoms with van der Waals surface area (Å²) in [6, 6.07) is 0.120. The van der Waals surface area contributed by atoms with Gasteiger partial charge < -0.3 is 5.41 Å². The first kappa shape index (κ1) is 6.20. The van der Waals surface area contributed by atoms with Gasteiger partial charge in [0.25, 0.3) is 0 Å². The summed E-state index contributed by atoms with van der Waals surface area (Å²) in [6.07, 6.45) is 6.60. The standard InChI is InChI=1S/C7H10N2/c1-6(8)7-4-2-3-5-9-7/h2-3,5,7-8H,4H2,1H3/t7-/m0/s1. The second-order valence-electron chi connectivity index (χ2n) is 2.16. The van der Waals surface area contributed by atoms with Crippen molar-refractivity contribution >= 4 is 11.9 Å². The molecule has 0 amide bonds. The van der Waals surface area contributed by atoms with Gasteiger partial charge in [0.15, 0.2) is 0 Å². The van der Waals surface area contributed by atoms with Crippen LogP contribution in [0, 0.1) is 5.41 Å². The number of aliphatic imine (C=N–C) groups is 1. The van der Waals surface area contributed by atoms with Crippen LogP contribution in [0.2, 0.25) is 0 Å². The number of nitrogens with one attached hydrogen (secondary N) is 1. The van der Waals surface area contributed by atoms with Gasteiger partial charge in [0.2, 0.25) is 0 Å². The summed E-state index contributed by atoms with van der Waals surface area (Å²) in [5, 5.41) is 7.24. The van der Waals surface area contributed by atoms with Crippen molar-refractivity contribution in [2.45, 2.75) is 19.4 Å². The van der Waals surface area contributed by atoms with Gasteiger partial charge in [-0.2, -0.15) is 0 Å². The predicted molar refractivity (Wildman–Crippen MR) is 39.4 cm³/mol. The Bertz CT molecular complexity index is 168. The molecule has 1 rings (SSSR count). The summed E-state index contributed by atoms with van der Waals surface area (Å²) in [6.45, 7) is 1.79. The minimum atomic E-state index is 0.120. The lowest BCUT2D eigenvalue weighted by Crippen LogP contribution is -2.14. The van der Waals surface area contributed by atoms with E-state index in [1.807, 2.05) is 12.2 Å². The number of allylic oxidation sites excluding steroid dienone is 1. The van der Waals surface area contributed by atoms with Gasteiger partial charge in [-0.3, -0.25) is 4.99 Å². The van der Waals surface area contributed by atoms with Gasteiger partial charge in [-0.25, -0.2) is 0 Å². The quantitative estimate of drug-likeness (QED) is 0.511. The summed E-state index contributed by atoms with van der Waals surface area (Å²) < 4.78 is 0. The molecule has 48 valence electrons. The second-order valence-corrected chi connectivity index (χ2v) is 2.16. The largest absolute Gasteiger partial charge is 0.308 e. The van der Waals surface area contributed by atoms with Crippen molar-refractivity contribution in [2.75, 3.05) is 0 Å². The molecule has 2 heteroatoms. The van der Waals surface area contributed by atoms with Crippen LogP contribution in [0.3, 0.4) is 0 Å². The summed E-state index contributed by atoms with van der Waals surface area (Å²) in [4.78, 5) is 4.09. The Morgan fingerprint density at radius 2 is 2.56 bits per heavy atom. The Balaban J connectivity index is 2.56. The zero-order valence-corrected chi connectivity index (χ0v) is 5.46. The molecular weight excluding hydrogens is 112 g/mol. The van der Waals surface area contributed by atoms with E-state index in [1.54, 1.807) is 13.1 Å². The molecule has 0 unspecified atom stereocenters. The average molecular weight is 122 g/mol. The van der Waals surface area contributed by atoms with E-state index in [0.29, 0.717) is 5.71 Å². The smallest absolute Gasteiger partial charge is 0.0904 e. The molecule has 1 aliphatic heterocycles. The lowest BCUT2D eigenvalue weighted by Gasteiger charge is -2.08. The fourth-order valence-electron chi connectivity index (χ4n) is 0.771. The number of hydrogen-bond donors (Lipinski definition) is 1. The maximum absolute atomic E-state index is 7.24. The zero-order chi connectivity index (χ0) is 6.69. The van der Waals surface area contributed by atoms with Gasteiger partial charge in [0.05, 0.1) is 6.04 Å². The van der Waals surface area contributed by atoms with Crippen LogP contribution < -0.4 is 0 Å². The molecular formula is C7H10N2. The molecule has 9 heavy (non-hydrogen) atoms. The first-order chi connectivity index (χ1) is 4.30. The van der Waals surface area contributed by atoms with Gasteiger partial charge in [0.1, 0.15) is 0 Å². The molecule has 0 saturated heterocycles. The van der Waals surface area contributed by atoms with Crippen LogP contribution in [0.5, 0.6) is 0 Å². The molecule has 0 fully saturated rings. The van der Waals surface area contributed by atoms with E-state index in [2.05, 4.69) is 4.99 Å². The molecule has 1 atom stereocenters. The topological polar surface area (TPSA) is 36.2 Å². The highest BCUT2D eigenvalue weighted by atomic mass is 14.8. The molecule has 0 aliphatic carbocycles. The highest BCUT2D eigenvalue weighted by Crippen LogP contribution is 2.03. The molecule has 1 heterocycles. The summed E-state index contributed by atoms with van der Waals surface area (Å²) in [7, 11) is 0. The maximum Gasteiger partial charge on any atom is 0.0904 e. The molecule has 0 spiro atoms. The Morgan fingerprint density at radius 3 is 2.89 bits per heavy atom. The maximum atomic E-state index is 7.24. The third-order valence-corrected chi connectivity index (χ3v) is 1.35. The van der Waals surface area contributed by atoms with Crippen molar-refractivity contribution in [3.8, 4) is 0 Å². The summed E-state index contributed by atoms with van der Waals surface area (Å²) in [5.74, 6) is 0. The summed E-state index contributed by atoms with van der Waals surface area (Å²) >= 11 is 0. The molecule has 0 aromatic rings. The van der Waals surface area contributed by atoms with Crippen LogP contribution in [-0.2, 0) is 0 Å².